The number of benzene rings is 3. The maximum Gasteiger partial charge on any atom is -0.00867 e. The summed E-state index contributed by atoms with van der Waals surface area (Å²) in [5, 5.41) is 5.43. The third-order valence-corrected chi connectivity index (χ3v) is 7.20. The van der Waals surface area contributed by atoms with Gasteiger partial charge in [0, 0.05) is 0 Å². The molecular weight excluding hydrogens is 396 g/mol. The van der Waals surface area contributed by atoms with Crippen LogP contribution in [0.2, 0.25) is 0 Å². The van der Waals surface area contributed by atoms with E-state index in [4.69, 9.17) is 0 Å². The normalized spacial score (nSPS) is 11.5. The van der Waals surface area contributed by atoms with Crippen molar-refractivity contribution in [3.8, 4) is 0 Å². The quantitative estimate of drug-likeness (QED) is 0.135. The SMILES string of the molecule is CCCCCCCCCCCCCCCCCC[CH]c1cccc2cc3ccccc3cc12. The van der Waals surface area contributed by atoms with Crippen LogP contribution in [0.25, 0.3) is 21.5 Å². The van der Waals surface area contributed by atoms with E-state index in [1.807, 2.05) is 0 Å². The zero-order valence-corrected chi connectivity index (χ0v) is 21.3. The highest BCUT2D eigenvalue weighted by molar-refractivity contribution is 6.00. The van der Waals surface area contributed by atoms with Gasteiger partial charge in [0.15, 0.2) is 0 Å². The Morgan fingerprint density at radius 3 is 1.55 bits per heavy atom. The van der Waals surface area contributed by atoms with Gasteiger partial charge in [-0.2, -0.15) is 0 Å². The fourth-order valence-corrected chi connectivity index (χ4v) is 5.12. The zero-order valence-electron chi connectivity index (χ0n) is 21.3. The van der Waals surface area contributed by atoms with Crippen molar-refractivity contribution in [1.29, 1.82) is 0 Å². The van der Waals surface area contributed by atoms with Gasteiger partial charge in [-0.15, -0.1) is 0 Å². The van der Waals surface area contributed by atoms with Crippen LogP contribution in [-0.4, -0.2) is 0 Å². The molecule has 3 rings (SSSR count). The van der Waals surface area contributed by atoms with Gasteiger partial charge >= 0.3 is 0 Å². The average molecular weight is 444 g/mol. The van der Waals surface area contributed by atoms with Crippen molar-refractivity contribution in [1.82, 2.24) is 0 Å². The summed E-state index contributed by atoms with van der Waals surface area (Å²) in [4.78, 5) is 0. The van der Waals surface area contributed by atoms with E-state index >= 15 is 0 Å². The van der Waals surface area contributed by atoms with Crippen LogP contribution in [0.1, 0.15) is 122 Å². The third-order valence-electron chi connectivity index (χ3n) is 7.20. The molecule has 0 atom stereocenters. The molecule has 0 aromatic heterocycles. The van der Waals surface area contributed by atoms with E-state index in [0.29, 0.717) is 0 Å². The highest BCUT2D eigenvalue weighted by Crippen LogP contribution is 2.27. The van der Waals surface area contributed by atoms with E-state index in [9.17, 15) is 0 Å². The fourth-order valence-electron chi connectivity index (χ4n) is 5.12. The molecule has 3 aromatic rings. The molecule has 0 fully saturated rings. The maximum atomic E-state index is 2.46. The van der Waals surface area contributed by atoms with Gasteiger partial charge in [0.25, 0.3) is 0 Å². The summed E-state index contributed by atoms with van der Waals surface area (Å²) in [6.45, 7) is 2.30. The molecule has 0 heteroatoms. The summed E-state index contributed by atoms with van der Waals surface area (Å²) < 4.78 is 0. The van der Waals surface area contributed by atoms with Crippen molar-refractivity contribution >= 4 is 21.5 Å². The van der Waals surface area contributed by atoms with E-state index in [1.54, 1.807) is 0 Å². The molecule has 0 saturated heterocycles. The molecule has 0 aliphatic heterocycles. The topological polar surface area (TPSA) is 0 Å². The lowest BCUT2D eigenvalue weighted by atomic mass is 9.96. The largest absolute Gasteiger partial charge is 0.0654 e. The molecule has 33 heavy (non-hydrogen) atoms. The van der Waals surface area contributed by atoms with Crippen molar-refractivity contribution in [3.63, 3.8) is 0 Å². The molecule has 1 radical (unpaired) electrons. The molecule has 3 aromatic carbocycles. The Bertz CT molecular complexity index is 906. The van der Waals surface area contributed by atoms with Gasteiger partial charge in [0.2, 0.25) is 0 Å². The molecule has 0 unspecified atom stereocenters. The number of hydrogen-bond donors (Lipinski definition) is 0. The molecule has 0 saturated carbocycles. The summed E-state index contributed by atoms with van der Waals surface area (Å²) in [6, 6.07) is 20.1. The molecule has 0 heterocycles. The van der Waals surface area contributed by atoms with E-state index in [1.165, 1.54) is 136 Å². The van der Waals surface area contributed by atoms with Crippen LogP contribution >= 0.6 is 0 Å². The first-order valence-electron chi connectivity index (χ1n) is 14.1. The van der Waals surface area contributed by atoms with Crippen molar-refractivity contribution in [3.05, 3.63) is 66.6 Å². The highest BCUT2D eigenvalue weighted by Gasteiger charge is 2.04. The Balaban J connectivity index is 1.19. The number of rotatable bonds is 18. The molecule has 0 amide bonds. The fraction of sp³-hybridized carbons (Fsp3) is 0.545. The maximum absolute atomic E-state index is 2.46. The van der Waals surface area contributed by atoms with E-state index in [0.717, 1.165) is 0 Å². The van der Waals surface area contributed by atoms with Gasteiger partial charge in [-0.1, -0.05) is 152 Å². The average Bonchev–Trinajstić information content (AvgIpc) is 2.84. The summed E-state index contributed by atoms with van der Waals surface area (Å²) in [5.41, 5.74) is 1.40. The minimum Gasteiger partial charge on any atom is -0.0654 e. The van der Waals surface area contributed by atoms with Gasteiger partial charge in [0.05, 0.1) is 0 Å². The van der Waals surface area contributed by atoms with Gasteiger partial charge in [-0.05, 0) is 52.1 Å². The minimum absolute atomic E-state index is 1.20. The van der Waals surface area contributed by atoms with Crippen LogP contribution in [-0.2, 0) is 0 Å². The van der Waals surface area contributed by atoms with Crippen molar-refractivity contribution in [2.45, 2.75) is 116 Å². The molecule has 179 valence electrons. The molecule has 0 bridgehead atoms. The molecule has 0 aliphatic rings. The second-order valence-corrected chi connectivity index (χ2v) is 10.1. The number of unbranched alkanes of at least 4 members (excludes halogenated alkanes) is 16. The summed E-state index contributed by atoms with van der Waals surface area (Å²) in [5.74, 6) is 0. The Kier molecular flexibility index (Phi) is 12.4. The van der Waals surface area contributed by atoms with Crippen LogP contribution in [0.3, 0.4) is 0 Å². The Hall–Kier alpha value is -1.82. The van der Waals surface area contributed by atoms with E-state index in [-0.39, 0.29) is 0 Å². The minimum atomic E-state index is 1.20. The predicted octanol–water partition coefficient (Wildman–Crippen LogP) is 11.2. The molecule has 0 spiro atoms. The standard InChI is InChI=1S/C33H47/c1-2-3-4-5-6-7-8-9-10-11-12-13-14-15-16-17-18-22-29-25-21-26-32-27-30-23-19-20-24-31(30)28-33(29)32/h19-28H,2-18H2,1H3. The van der Waals surface area contributed by atoms with Crippen LogP contribution in [0.15, 0.2) is 54.6 Å². The molecule has 0 nitrogen and oxygen atoms in total. The van der Waals surface area contributed by atoms with Crippen molar-refractivity contribution < 1.29 is 0 Å². The summed E-state index contributed by atoms with van der Waals surface area (Å²) >= 11 is 0. The summed E-state index contributed by atoms with van der Waals surface area (Å²) in [7, 11) is 0. The predicted molar refractivity (Wildman–Crippen MR) is 149 cm³/mol. The molecule has 0 N–H and O–H groups in total. The van der Waals surface area contributed by atoms with Crippen LogP contribution in [0.5, 0.6) is 0 Å². The van der Waals surface area contributed by atoms with E-state index < -0.39 is 0 Å². The third kappa shape index (κ3) is 9.52. The Morgan fingerprint density at radius 2 is 0.970 bits per heavy atom. The van der Waals surface area contributed by atoms with Gasteiger partial charge in [-0.3, -0.25) is 0 Å². The Labute approximate surface area is 204 Å². The van der Waals surface area contributed by atoms with Gasteiger partial charge < -0.3 is 0 Å². The van der Waals surface area contributed by atoms with Crippen molar-refractivity contribution in [2.24, 2.45) is 0 Å². The van der Waals surface area contributed by atoms with Crippen LogP contribution in [0.4, 0.5) is 0 Å². The lowest BCUT2D eigenvalue weighted by molar-refractivity contribution is 0.529. The summed E-state index contributed by atoms with van der Waals surface area (Å²) in [6.07, 6.45) is 26.6. The van der Waals surface area contributed by atoms with Crippen LogP contribution < -0.4 is 0 Å². The zero-order chi connectivity index (χ0) is 23.0. The first-order valence-corrected chi connectivity index (χ1v) is 14.1. The van der Waals surface area contributed by atoms with E-state index in [2.05, 4.69) is 67.9 Å². The second kappa shape index (κ2) is 15.9. The number of hydrogen-bond acceptors (Lipinski definition) is 0. The van der Waals surface area contributed by atoms with Gasteiger partial charge in [0.1, 0.15) is 0 Å². The lowest BCUT2D eigenvalue weighted by Gasteiger charge is -2.08. The van der Waals surface area contributed by atoms with Gasteiger partial charge in [-0.25, -0.2) is 0 Å². The van der Waals surface area contributed by atoms with Crippen LogP contribution in [0, 0.1) is 6.42 Å². The second-order valence-electron chi connectivity index (χ2n) is 10.1. The van der Waals surface area contributed by atoms with Crippen molar-refractivity contribution in [2.75, 3.05) is 0 Å². The highest BCUT2D eigenvalue weighted by atomic mass is 14.1. The molecular formula is C33H47. The smallest absolute Gasteiger partial charge is 0.00867 e. The molecule has 0 aliphatic carbocycles. The lowest BCUT2D eigenvalue weighted by Crippen LogP contribution is -1.87. The first kappa shape index (κ1) is 25.8. The first-order chi connectivity index (χ1) is 16.4. The monoisotopic (exact) mass is 443 g/mol. The number of fused-ring (bicyclic) bond motifs is 2. The Morgan fingerprint density at radius 1 is 0.485 bits per heavy atom.